The molecule has 4 amide bonds. The lowest BCUT2D eigenvalue weighted by molar-refractivity contribution is -0.119. The molecule has 8 aromatic carbocycles. The smallest absolute Gasteiger partial charge is 0.408 e. The van der Waals surface area contributed by atoms with Gasteiger partial charge in [0, 0.05) is 46.7 Å². The Labute approximate surface area is 412 Å². The fourth-order valence-electron chi connectivity index (χ4n) is 10.6. The molecule has 10 heteroatoms. The summed E-state index contributed by atoms with van der Waals surface area (Å²) in [6, 6.07) is 65.4. The summed E-state index contributed by atoms with van der Waals surface area (Å²) in [5.41, 5.74) is 11.5. The summed E-state index contributed by atoms with van der Waals surface area (Å²) in [5, 5.41) is 12.1. The number of carbonyl (C=O) groups is 4. The third-order valence-corrected chi connectivity index (χ3v) is 14.1. The summed E-state index contributed by atoms with van der Waals surface area (Å²) in [6.45, 7) is 0.200. The molecule has 0 heterocycles. The Bertz CT molecular complexity index is 3210. The van der Waals surface area contributed by atoms with E-state index in [9.17, 15) is 19.2 Å². The minimum atomic E-state index is -1.31. The van der Waals surface area contributed by atoms with Crippen molar-refractivity contribution in [3.63, 3.8) is 0 Å². The van der Waals surface area contributed by atoms with E-state index in [1.54, 1.807) is 12.1 Å². The van der Waals surface area contributed by atoms with Crippen LogP contribution < -0.4 is 21.3 Å². The molecule has 1 fully saturated rings. The summed E-state index contributed by atoms with van der Waals surface area (Å²) < 4.78 is 11.9. The molecule has 4 N–H and O–H groups in total. The second kappa shape index (κ2) is 19.3. The highest BCUT2D eigenvalue weighted by Crippen LogP contribution is 2.53. The van der Waals surface area contributed by atoms with E-state index >= 15 is 0 Å². The van der Waals surface area contributed by atoms with Crippen molar-refractivity contribution in [3.8, 4) is 33.4 Å². The van der Waals surface area contributed by atoms with Crippen molar-refractivity contribution in [1.29, 1.82) is 0 Å². The number of hydrogen-bond donors (Lipinski definition) is 4. The largest absolute Gasteiger partial charge is 0.449 e. The maximum absolute atomic E-state index is 14.8. The van der Waals surface area contributed by atoms with Gasteiger partial charge in [0.05, 0.1) is 0 Å². The van der Waals surface area contributed by atoms with Gasteiger partial charge in [-0.2, -0.15) is 0 Å². The third kappa shape index (κ3) is 8.92. The maximum Gasteiger partial charge on any atom is 0.408 e. The zero-order valence-corrected chi connectivity index (χ0v) is 38.7. The molecule has 0 unspecified atom stereocenters. The highest BCUT2D eigenvalue weighted by molar-refractivity contribution is 6.07. The van der Waals surface area contributed by atoms with Gasteiger partial charge in [0.2, 0.25) is 5.91 Å². The van der Waals surface area contributed by atoms with Gasteiger partial charge in [-0.3, -0.25) is 9.59 Å². The molecule has 11 rings (SSSR count). The molecule has 3 atom stereocenters. The lowest BCUT2D eigenvalue weighted by atomic mass is 9.98. The summed E-state index contributed by atoms with van der Waals surface area (Å²) >= 11 is 0. The Kier molecular flexibility index (Phi) is 12.2. The van der Waals surface area contributed by atoms with Crippen LogP contribution in [-0.2, 0) is 25.5 Å². The number of para-hydroxylation sites is 2. The molecule has 3 aliphatic rings. The van der Waals surface area contributed by atoms with Crippen LogP contribution in [0.1, 0.15) is 57.6 Å². The predicted octanol–water partition coefficient (Wildman–Crippen LogP) is 11.8. The van der Waals surface area contributed by atoms with Crippen molar-refractivity contribution >= 4 is 35.4 Å². The molecule has 0 saturated heterocycles. The topological polar surface area (TPSA) is 135 Å². The van der Waals surface area contributed by atoms with Crippen molar-refractivity contribution in [3.05, 3.63) is 240 Å². The van der Waals surface area contributed by atoms with Gasteiger partial charge in [-0.05, 0) is 74.2 Å². The minimum absolute atomic E-state index is 0.0967. The molecule has 0 aliphatic heterocycles. The first-order chi connectivity index (χ1) is 34.8. The fraction of sp³-hybridized carbons (Fsp3) is 0.148. The molecular formula is C61H50N4O6. The van der Waals surface area contributed by atoms with Crippen LogP contribution in [0.25, 0.3) is 33.4 Å². The average Bonchev–Trinajstić information content (AvgIpc) is 3.93. The molecule has 10 nitrogen and oxygen atoms in total. The van der Waals surface area contributed by atoms with Gasteiger partial charge in [0.15, 0.2) is 0 Å². The number of hydrogen-bond acceptors (Lipinski definition) is 6. The predicted molar refractivity (Wildman–Crippen MR) is 276 cm³/mol. The lowest BCUT2D eigenvalue weighted by Gasteiger charge is -2.23. The van der Waals surface area contributed by atoms with Gasteiger partial charge in [0.1, 0.15) is 24.8 Å². The maximum atomic E-state index is 14.8. The van der Waals surface area contributed by atoms with E-state index in [1.165, 1.54) is 0 Å². The van der Waals surface area contributed by atoms with E-state index in [4.69, 9.17) is 9.47 Å². The number of rotatable bonds is 14. The molecule has 0 spiro atoms. The van der Waals surface area contributed by atoms with Crippen LogP contribution in [0.3, 0.4) is 0 Å². The van der Waals surface area contributed by atoms with E-state index in [1.807, 2.05) is 146 Å². The molecule has 8 aromatic rings. The minimum Gasteiger partial charge on any atom is -0.449 e. The van der Waals surface area contributed by atoms with Crippen LogP contribution in [-0.4, -0.2) is 48.8 Å². The lowest BCUT2D eigenvalue weighted by Crippen LogP contribution is -2.48. The Morgan fingerprint density at radius 3 is 1.38 bits per heavy atom. The number of nitrogens with one attached hydrogen (secondary N) is 4. The van der Waals surface area contributed by atoms with Gasteiger partial charge in [-0.25, -0.2) is 9.59 Å². The Morgan fingerprint density at radius 1 is 0.465 bits per heavy atom. The number of amides is 4. The monoisotopic (exact) mass is 934 g/mol. The van der Waals surface area contributed by atoms with E-state index < -0.39 is 35.6 Å². The molecular weight excluding hydrogens is 885 g/mol. The zero-order valence-electron chi connectivity index (χ0n) is 38.7. The molecule has 350 valence electrons. The van der Waals surface area contributed by atoms with Crippen LogP contribution in [0, 0.1) is 0 Å². The van der Waals surface area contributed by atoms with Crippen molar-refractivity contribution in [2.24, 2.45) is 0 Å². The van der Waals surface area contributed by atoms with Crippen LogP contribution >= 0.6 is 0 Å². The zero-order chi connectivity index (χ0) is 48.3. The van der Waals surface area contributed by atoms with E-state index in [-0.39, 0.29) is 37.4 Å². The number of anilines is 2. The first-order valence-electron chi connectivity index (χ1n) is 24.0. The first-order valence-corrected chi connectivity index (χ1v) is 24.0. The number of fused-ring (bicyclic) bond motifs is 6. The third-order valence-electron chi connectivity index (χ3n) is 14.1. The van der Waals surface area contributed by atoms with Crippen molar-refractivity contribution in [1.82, 2.24) is 10.6 Å². The molecule has 0 aromatic heterocycles. The number of carbonyl (C=O) groups excluding carboxylic acids is 4. The Balaban J connectivity index is 0.810. The summed E-state index contributed by atoms with van der Waals surface area (Å²) in [7, 11) is 0. The Morgan fingerprint density at radius 2 is 0.873 bits per heavy atom. The number of ether oxygens (including phenoxy) is 2. The van der Waals surface area contributed by atoms with E-state index in [0.29, 0.717) is 28.9 Å². The van der Waals surface area contributed by atoms with Crippen molar-refractivity contribution < 1.29 is 28.7 Å². The van der Waals surface area contributed by atoms with Crippen molar-refractivity contribution in [2.45, 2.75) is 42.2 Å². The summed E-state index contributed by atoms with van der Waals surface area (Å²) in [6.07, 6.45) is -0.828. The highest BCUT2D eigenvalue weighted by atomic mass is 16.6. The fourth-order valence-corrected chi connectivity index (χ4v) is 10.6. The molecule has 1 saturated carbocycles. The Hall–Kier alpha value is -8.76. The second-order valence-corrected chi connectivity index (χ2v) is 18.3. The van der Waals surface area contributed by atoms with E-state index in [2.05, 4.69) is 69.8 Å². The SMILES string of the molecule is O=C(N[C@@H](Cc1ccccc1)C(=O)Nc1ccccc1-c1ccccc1NC(=O)[C@@]1(NC(=O)OCC2c3ccccc3-c3ccccc32)C[C@H]1c1ccccc1)OCC1c2ccccc2-c2ccccc21. The van der Waals surface area contributed by atoms with Crippen molar-refractivity contribution in [2.75, 3.05) is 23.8 Å². The van der Waals surface area contributed by atoms with E-state index in [0.717, 1.165) is 55.6 Å². The van der Waals surface area contributed by atoms with Gasteiger partial charge >= 0.3 is 12.2 Å². The van der Waals surface area contributed by atoms with Crippen LogP contribution in [0.2, 0.25) is 0 Å². The molecule has 3 aliphatic carbocycles. The molecule has 71 heavy (non-hydrogen) atoms. The average molecular weight is 935 g/mol. The standard InChI is InChI=1S/C61H50N4O6/c66-57(56(35-39-19-3-1-4-20-39)64-59(68)70-37-51-45-27-11-7-23-41(45)42-24-8-12-28-46(42)51)62-54-33-17-15-31-49(54)50-32-16-18-34-55(50)63-58(67)61(36-53(61)40-21-5-2-6-22-40)65-60(69)71-38-52-47-29-13-9-25-43(47)44-26-10-14-30-48(44)52/h1-34,51-53,56H,35-38H2,(H,62,66)(H,63,67)(H,64,68)(H,65,69)/t53-,56-,61+/m0/s1. The van der Waals surface area contributed by atoms with Crippen LogP contribution in [0.4, 0.5) is 21.0 Å². The second-order valence-electron chi connectivity index (χ2n) is 18.3. The van der Waals surface area contributed by atoms with Gasteiger partial charge in [-0.15, -0.1) is 0 Å². The number of alkyl carbamates (subject to hydrolysis) is 2. The normalized spacial score (nSPS) is 16.5. The highest BCUT2D eigenvalue weighted by Gasteiger charge is 2.62. The molecule has 0 bridgehead atoms. The quantitative estimate of drug-likeness (QED) is 0.0858. The van der Waals surface area contributed by atoms with Gasteiger partial charge in [0.25, 0.3) is 5.91 Å². The van der Waals surface area contributed by atoms with Crippen LogP contribution in [0.5, 0.6) is 0 Å². The van der Waals surface area contributed by atoms with Gasteiger partial charge < -0.3 is 30.7 Å². The van der Waals surface area contributed by atoms with Gasteiger partial charge in [-0.1, -0.05) is 194 Å². The number of benzene rings is 8. The first kappa shape index (κ1) is 44.7. The van der Waals surface area contributed by atoms with Crippen LogP contribution in [0.15, 0.2) is 206 Å². The summed E-state index contributed by atoms with van der Waals surface area (Å²) in [5.74, 6) is -1.46. The summed E-state index contributed by atoms with van der Waals surface area (Å²) in [4.78, 5) is 56.8. The molecule has 0 radical (unpaired) electrons.